The van der Waals surface area contributed by atoms with Gasteiger partial charge in [-0.2, -0.15) is 0 Å². The Morgan fingerprint density at radius 2 is 2.40 bits per heavy atom. The standard InChI is InChI=1S/C7H5ClOS/c1-2-5(9)6-3-4-7(8)10-6/h2-4H,1H2. The first-order valence-electron chi connectivity index (χ1n) is 2.66. The van der Waals surface area contributed by atoms with Gasteiger partial charge in [-0.05, 0) is 18.2 Å². The molecule has 52 valence electrons. The van der Waals surface area contributed by atoms with Crippen LogP contribution in [0.25, 0.3) is 0 Å². The number of carbonyl (C=O) groups excluding carboxylic acids is 1. The zero-order valence-electron chi connectivity index (χ0n) is 5.13. The highest BCUT2D eigenvalue weighted by molar-refractivity contribution is 7.18. The van der Waals surface area contributed by atoms with Crippen molar-refractivity contribution >= 4 is 28.7 Å². The third-order valence-corrected chi connectivity index (χ3v) is 2.25. The monoisotopic (exact) mass is 172 g/mol. The van der Waals surface area contributed by atoms with Crippen LogP contribution in [-0.2, 0) is 0 Å². The Kier molecular flexibility index (Phi) is 2.25. The third kappa shape index (κ3) is 1.46. The molecule has 0 amide bonds. The topological polar surface area (TPSA) is 17.1 Å². The van der Waals surface area contributed by atoms with E-state index in [1.165, 1.54) is 17.4 Å². The molecule has 0 unspecified atom stereocenters. The van der Waals surface area contributed by atoms with Gasteiger partial charge in [0.15, 0.2) is 5.78 Å². The molecule has 0 bridgehead atoms. The molecule has 0 radical (unpaired) electrons. The summed E-state index contributed by atoms with van der Waals surface area (Å²) >= 11 is 6.86. The van der Waals surface area contributed by atoms with Gasteiger partial charge in [-0.3, -0.25) is 4.79 Å². The fourth-order valence-electron chi connectivity index (χ4n) is 0.547. The first-order valence-corrected chi connectivity index (χ1v) is 3.85. The number of ketones is 1. The van der Waals surface area contributed by atoms with Gasteiger partial charge in [0.1, 0.15) is 0 Å². The van der Waals surface area contributed by atoms with E-state index in [2.05, 4.69) is 6.58 Å². The molecule has 0 atom stereocenters. The van der Waals surface area contributed by atoms with Crippen LogP contribution in [0.3, 0.4) is 0 Å². The zero-order valence-corrected chi connectivity index (χ0v) is 6.71. The van der Waals surface area contributed by atoms with Gasteiger partial charge in [-0.15, -0.1) is 11.3 Å². The van der Waals surface area contributed by atoms with Gasteiger partial charge in [0.25, 0.3) is 0 Å². The van der Waals surface area contributed by atoms with Crippen LogP contribution in [0.5, 0.6) is 0 Å². The normalized spacial score (nSPS) is 9.30. The first kappa shape index (κ1) is 7.51. The molecule has 0 saturated heterocycles. The van der Waals surface area contributed by atoms with Gasteiger partial charge >= 0.3 is 0 Å². The van der Waals surface area contributed by atoms with E-state index in [0.29, 0.717) is 9.21 Å². The van der Waals surface area contributed by atoms with Crippen LogP contribution in [0.2, 0.25) is 4.34 Å². The van der Waals surface area contributed by atoms with E-state index in [1.54, 1.807) is 12.1 Å². The SMILES string of the molecule is C=CC(=O)c1ccc(Cl)s1. The second kappa shape index (κ2) is 2.99. The van der Waals surface area contributed by atoms with Crippen molar-refractivity contribution in [1.82, 2.24) is 0 Å². The molecule has 0 aliphatic heterocycles. The van der Waals surface area contributed by atoms with Crippen LogP contribution in [0.15, 0.2) is 24.8 Å². The lowest BCUT2D eigenvalue weighted by atomic mass is 10.3. The van der Waals surface area contributed by atoms with E-state index in [0.717, 1.165) is 0 Å². The molecule has 0 aromatic carbocycles. The average Bonchev–Trinajstić information content (AvgIpc) is 2.34. The van der Waals surface area contributed by atoms with Crippen LogP contribution < -0.4 is 0 Å². The van der Waals surface area contributed by atoms with Gasteiger partial charge in [0.2, 0.25) is 0 Å². The number of hydrogen-bond donors (Lipinski definition) is 0. The van der Waals surface area contributed by atoms with E-state index < -0.39 is 0 Å². The summed E-state index contributed by atoms with van der Waals surface area (Å²) in [4.78, 5) is 11.5. The Labute approximate surface area is 67.9 Å². The van der Waals surface area contributed by atoms with Gasteiger partial charge in [-0.1, -0.05) is 18.2 Å². The maximum absolute atomic E-state index is 10.9. The highest BCUT2D eigenvalue weighted by Crippen LogP contribution is 2.21. The lowest BCUT2D eigenvalue weighted by Crippen LogP contribution is -1.86. The predicted octanol–water partition coefficient (Wildman–Crippen LogP) is 2.77. The summed E-state index contributed by atoms with van der Waals surface area (Å²) in [6.07, 6.45) is 1.28. The minimum atomic E-state index is -0.0723. The molecule has 0 saturated carbocycles. The summed E-state index contributed by atoms with van der Waals surface area (Å²) in [7, 11) is 0. The number of allylic oxidation sites excluding steroid dienone is 1. The average molecular weight is 173 g/mol. The Balaban J connectivity index is 2.95. The van der Waals surface area contributed by atoms with Crippen molar-refractivity contribution in [3.63, 3.8) is 0 Å². The van der Waals surface area contributed by atoms with Gasteiger partial charge in [0.05, 0.1) is 9.21 Å². The fraction of sp³-hybridized carbons (Fsp3) is 0. The maximum Gasteiger partial charge on any atom is 0.195 e. The molecule has 1 heterocycles. The van der Waals surface area contributed by atoms with Crippen LogP contribution in [0, 0.1) is 0 Å². The number of rotatable bonds is 2. The van der Waals surface area contributed by atoms with Crippen LogP contribution in [0.1, 0.15) is 9.67 Å². The van der Waals surface area contributed by atoms with Crippen molar-refractivity contribution in [3.05, 3.63) is 34.0 Å². The number of hydrogen-bond acceptors (Lipinski definition) is 2. The smallest absolute Gasteiger partial charge is 0.195 e. The Hall–Kier alpha value is -0.600. The Morgan fingerprint density at radius 3 is 2.80 bits per heavy atom. The minimum Gasteiger partial charge on any atom is -0.288 e. The molecule has 0 spiro atoms. The summed E-state index contributed by atoms with van der Waals surface area (Å²) in [5.41, 5.74) is 0. The van der Waals surface area contributed by atoms with Crippen molar-refractivity contribution in [1.29, 1.82) is 0 Å². The van der Waals surface area contributed by atoms with Crippen molar-refractivity contribution < 1.29 is 4.79 Å². The highest BCUT2D eigenvalue weighted by atomic mass is 35.5. The number of halogens is 1. The summed E-state index contributed by atoms with van der Waals surface area (Å²) in [5.74, 6) is -0.0723. The fourth-order valence-corrected chi connectivity index (χ4v) is 1.53. The van der Waals surface area contributed by atoms with Crippen molar-refractivity contribution in [3.8, 4) is 0 Å². The largest absolute Gasteiger partial charge is 0.288 e. The molecule has 1 rings (SSSR count). The molecule has 0 aliphatic carbocycles. The summed E-state index contributed by atoms with van der Waals surface area (Å²) < 4.78 is 0.630. The van der Waals surface area contributed by atoms with Crippen LogP contribution in [-0.4, -0.2) is 5.78 Å². The number of carbonyl (C=O) groups is 1. The second-order valence-electron chi connectivity index (χ2n) is 1.67. The van der Waals surface area contributed by atoms with Gasteiger partial charge in [0, 0.05) is 0 Å². The molecule has 3 heteroatoms. The van der Waals surface area contributed by atoms with E-state index in [9.17, 15) is 4.79 Å². The number of thiophene rings is 1. The molecular weight excluding hydrogens is 168 g/mol. The molecular formula is C7H5ClOS. The van der Waals surface area contributed by atoms with Gasteiger partial charge < -0.3 is 0 Å². The maximum atomic E-state index is 10.9. The van der Waals surface area contributed by atoms with E-state index in [4.69, 9.17) is 11.6 Å². The third-order valence-electron chi connectivity index (χ3n) is 1.00. The molecule has 0 fully saturated rings. The van der Waals surface area contributed by atoms with Crippen molar-refractivity contribution in [2.45, 2.75) is 0 Å². The lowest BCUT2D eigenvalue weighted by Gasteiger charge is -1.82. The minimum absolute atomic E-state index is 0.0723. The molecule has 1 aromatic heterocycles. The summed E-state index contributed by atoms with van der Waals surface area (Å²) in [6.45, 7) is 3.36. The van der Waals surface area contributed by atoms with Crippen molar-refractivity contribution in [2.24, 2.45) is 0 Å². The highest BCUT2D eigenvalue weighted by Gasteiger charge is 2.02. The molecule has 10 heavy (non-hydrogen) atoms. The van der Waals surface area contributed by atoms with E-state index in [1.807, 2.05) is 0 Å². The van der Waals surface area contributed by atoms with Crippen LogP contribution >= 0.6 is 22.9 Å². The first-order chi connectivity index (χ1) is 4.74. The van der Waals surface area contributed by atoms with Gasteiger partial charge in [-0.25, -0.2) is 0 Å². The Morgan fingerprint density at radius 1 is 1.70 bits per heavy atom. The molecule has 1 aromatic rings. The molecule has 0 N–H and O–H groups in total. The summed E-state index contributed by atoms with van der Waals surface area (Å²) in [6, 6.07) is 3.39. The molecule has 0 aliphatic rings. The van der Waals surface area contributed by atoms with Crippen molar-refractivity contribution in [2.75, 3.05) is 0 Å². The second-order valence-corrected chi connectivity index (χ2v) is 3.39. The summed E-state index contributed by atoms with van der Waals surface area (Å²) in [5, 5.41) is 0. The predicted molar refractivity (Wildman–Crippen MR) is 43.9 cm³/mol. The lowest BCUT2D eigenvalue weighted by molar-refractivity contribution is 0.105. The zero-order chi connectivity index (χ0) is 7.56. The van der Waals surface area contributed by atoms with E-state index >= 15 is 0 Å². The Bertz CT molecular complexity index is 264. The van der Waals surface area contributed by atoms with E-state index in [-0.39, 0.29) is 5.78 Å². The quantitative estimate of drug-likeness (QED) is 0.495. The molecule has 1 nitrogen and oxygen atoms in total. The van der Waals surface area contributed by atoms with Crippen LogP contribution in [0.4, 0.5) is 0 Å².